The summed E-state index contributed by atoms with van der Waals surface area (Å²) < 4.78 is 4.74. The standard InChI is InChI=1S/C8H14O7/c9-3-5(11)6-1-4(10)2-8(14,15-6)7(12)13/h4-6,9-11,14H,1-3H2,(H,12,13)/t4-,5+,6-,8?/m0/s1. The van der Waals surface area contributed by atoms with Crippen LogP contribution in [0.1, 0.15) is 12.8 Å². The number of rotatable bonds is 3. The lowest BCUT2D eigenvalue weighted by molar-refractivity contribution is -0.283. The molecular weight excluding hydrogens is 208 g/mol. The van der Waals surface area contributed by atoms with Crippen LogP contribution in [0.2, 0.25) is 0 Å². The van der Waals surface area contributed by atoms with Gasteiger partial charge in [0.1, 0.15) is 6.10 Å². The number of hydrogen-bond donors (Lipinski definition) is 5. The van der Waals surface area contributed by atoms with E-state index >= 15 is 0 Å². The third-order valence-electron chi connectivity index (χ3n) is 2.31. The van der Waals surface area contributed by atoms with E-state index in [0.717, 1.165) is 0 Å². The Morgan fingerprint density at radius 1 is 1.60 bits per heavy atom. The van der Waals surface area contributed by atoms with Gasteiger partial charge in [0.15, 0.2) is 0 Å². The molecule has 0 bridgehead atoms. The average Bonchev–Trinajstić information content (AvgIpc) is 2.15. The summed E-state index contributed by atoms with van der Waals surface area (Å²) in [5, 5.41) is 45.3. The molecule has 5 N–H and O–H groups in total. The molecule has 7 heteroatoms. The van der Waals surface area contributed by atoms with E-state index in [4.69, 9.17) is 14.9 Å². The summed E-state index contributed by atoms with van der Waals surface area (Å²) >= 11 is 0. The Hall–Kier alpha value is -0.730. The third-order valence-corrected chi connectivity index (χ3v) is 2.31. The maximum Gasteiger partial charge on any atom is 0.364 e. The van der Waals surface area contributed by atoms with Crippen molar-refractivity contribution in [3.63, 3.8) is 0 Å². The van der Waals surface area contributed by atoms with Gasteiger partial charge in [0.2, 0.25) is 0 Å². The molecule has 1 aliphatic rings. The van der Waals surface area contributed by atoms with Gasteiger partial charge in [-0.1, -0.05) is 0 Å². The Labute approximate surface area is 85.5 Å². The molecular formula is C8H14O7. The summed E-state index contributed by atoms with van der Waals surface area (Å²) in [5.74, 6) is -4.13. The van der Waals surface area contributed by atoms with Crippen LogP contribution in [0.4, 0.5) is 0 Å². The summed E-state index contributed by atoms with van der Waals surface area (Å²) in [6.45, 7) is -0.632. The monoisotopic (exact) mass is 222 g/mol. The van der Waals surface area contributed by atoms with E-state index in [1.54, 1.807) is 0 Å². The number of aliphatic carboxylic acids is 1. The van der Waals surface area contributed by atoms with E-state index < -0.39 is 43.1 Å². The largest absolute Gasteiger partial charge is 0.477 e. The van der Waals surface area contributed by atoms with E-state index in [0.29, 0.717) is 0 Å². The number of carboxylic acids is 1. The van der Waals surface area contributed by atoms with Gasteiger partial charge in [-0.25, -0.2) is 4.79 Å². The van der Waals surface area contributed by atoms with Crippen LogP contribution in [0.3, 0.4) is 0 Å². The fraction of sp³-hybridized carbons (Fsp3) is 0.875. The number of aliphatic hydroxyl groups is 4. The second kappa shape index (κ2) is 4.42. The van der Waals surface area contributed by atoms with Crippen LogP contribution in [-0.4, -0.2) is 62.2 Å². The molecule has 1 unspecified atom stereocenters. The molecule has 1 fully saturated rings. The Kier molecular flexibility index (Phi) is 3.63. The maximum atomic E-state index is 10.6. The summed E-state index contributed by atoms with van der Waals surface area (Å²) in [7, 11) is 0. The molecule has 0 radical (unpaired) electrons. The summed E-state index contributed by atoms with van der Waals surface area (Å²) in [5.41, 5.74) is 0. The van der Waals surface area contributed by atoms with E-state index in [1.165, 1.54) is 0 Å². The Morgan fingerprint density at radius 3 is 2.67 bits per heavy atom. The van der Waals surface area contributed by atoms with Crippen molar-refractivity contribution in [3.8, 4) is 0 Å². The van der Waals surface area contributed by atoms with Gasteiger partial charge in [0.25, 0.3) is 5.79 Å². The van der Waals surface area contributed by atoms with Crippen molar-refractivity contribution >= 4 is 5.97 Å². The van der Waals surface area contributed by atoms with Crippen molar-refractivity contribution in [1.82, 2.24) is 0 Å². The minimum absolute atomic E-state index is 0.0304. The first-order chi connectivity index (χ1) is 6.89. The topological polar surface area (TPSA) is 127 Å². The van der Waals surface area contributed by atoms with Crippen molar-refractivity contribution in [3.05, 3.63) is 0 Å². The van der Waals surface area contributed by atoms with Crippen molar-refractivity contribution in [2.75, 3.05) is 6.61 Å². The quantitative estimate of drug-likeness (QED) is 0.362. The molecule has 4 atom stereocenters. The minimum atomic E-state index is -2.50. The Morgan fingerprint density at radius 2 is 2.20 bits per heavy atom. The molecule has 0 saturated carbocycles. The summed E-state index contributed by atoms with van der Waals surface area (Å²) in [4.78, 5) is 10.6. The van der Waals surface area contributed by atoms with Crippen LogP contribution in [0.15, 0.2) is 0 Å². The highest BCUT2D eigenvalue weighted by Crippen LogP contribution is 2.28. The number of carboxylic acid groups (broad SMARTS) is 1. The predicted octanol–water partition coefficient (Wildman–Crippen LogP) is -2.35. The van der Waals surface area contributed by atoms with Gasteiger partial charge in [-0.2, -0.15) is 0 Å². The molecule has 0 amide bonds. The van der Waals surface area contributed by atoms with Crippen LogP contribution < -0.4 is 0 Å². The number of ether oxygens (including phenoxy) is 1. The summed E-state index contributed by atoms with van der Waals surface area (Å²) in [6.07, 6.45) is -4.01. The summed E-state index contributed by atoms with van der Waals surface area (Å²) in [6, 6.07) is 0. The molecule has 1 aliphatic heterocycles. The lowest BCUT2D eigenvalue weighted by Crippen LogP contribution is -2.54. The van der Waals surface area contributed by atoms with Crippen molar-refractivity contribution < 1.29 is 35.1 Å². The average molecular weight is 222 g/mol. The molecule has 7 nitrogen and oxygen atoms in total. The number of aliphatic hydroxyl groups excluding tert-OH is 3. The zero-order valence-corrected chi connectivity index (χ0v) is 7.91. The first-order valence-corrected chi connectivity index (χ1v) is 4.49. The molecule has 0 aliphatic carbocycles. The highest BCUT2D eigenvalue weighted by atomic mass is 16.7. The van der Waals surface area contributed by atoms with Crippen LogP contribution in [0.5, 0.6) is 0 Å². The predicted molar refractivity (Wildman–Crippen MR) is 45.8 cm³/mol. The van der Waals surface area contributed by atoms with Crippen LogP contribution in [0, 0.1) is 0 Å². The number of carbonyl (C=O) groups is 1. The molecule has 0 aromatic carbocycles. The van der Waals surface area contributed by atoms with E-state index in [9.17, 15) is 20.1 Å². The lowest BCUT2D eigenvalue weighted by atomic mass is 9.96. The van der Waals surface area contributed by atoms with Gasteiger partial charge in [0, 0.05) is 12.8 Å². The van der Waals surface area contributed by atoms with Crippen molar-refractivity contribution in [2.24, 2.45) is 0 Å². The molecule has 15 heavy (non-hydrogen) atoms. The first-order valence-electron chi connectivity index (χ1n) is 4.49. The van der Waals surface area contributed by atoms with Gasteiger partial charge in [0.05, 0.1) is 18.8 Å². The Balaban J connectivity index is 2.75. The maximum absolute atomic E-state index is 10.6. The lowest BCUT2D eigenvalue weighted by Gasteiger charge is -2.38. The van der Waals surface area contributed by atoms with Crippen LogP contribution >= 0.6 is 0 Å². The second-order valence-electron chi connectivity index (χ2n) is 3.59. The zero-order valence-electron chi connectivity index (χ0n) is 7.91. The van der Waals surface area contributed by atoms with E-state index in [-0.39, 0.29) is 6.42 Å². The molecule has 1 rings (SSSR count). The second-order valence-corrected chi connectivity index (χ2v) is 3.59. The molecule has 0 spiro atoms. The minimum Gasteiger partial charge on any atom is -0.477 e. The van der Waals surface area contributed by atoms with E-state index in [2.05, 4.69) is 0 Å². The zero-order chi connectivity index (χ0) is 11.6. The first kappa shape index (κ1) is 12.3. The van der Waals surface area contributed by atoms with E-state index in [1.807, 2.05) is 0 Å². The van der Waals surface area contributed by atoms with Gasteiger partial charge >= 0.3 is 5.97 Å². The van der Waals surface area contributed by atoms with Crippen molar-refractivity contribution in [1.29, 1.82) is 0 Å². The van der Waals surface area contributed by atoms with Gasteiger partial charge < -0.3 is 30.3 Å². The fourth-order valence-electron chi connectivity index (χ4n) is 1.51. The molecule has 1 saturated heterocycles. The highest BCUT2D eigenvalue weighted by Gasteiger charge is 2.47. The molecule has 0 aromatic rings. The SMILES string of the molecule is O=C(O)C1(O)C[C@@H](O)C[C@@H]([C@H](O)CO)O1. The van der Waals surface area contributed by atoms with Crippen LogP contribution in [-0.2, 0) is 9.53 Å². The number of hydrogen-bond acceptors (Lipinski definition) is 6. The Bertz CT molecular complexity index is 243. The molecule has 0 aromatic heterocycles. The van der Waals surface area contributed by atoms with Gasteiger partial charge in [-0.3, -0.25) is 0 Å². The fourth-order valence-corrected chi connectivity index (χ4v) is 1.51. The third kappa shape index (κ3) is 2.64. The highest BCUT2D eigenvalue weighted by molar-refractivity contribution is 5.75. The molecule has 1 heterocycles. The smallest absolute Gasteiger partial charge is 0.364 e. The van der Waals surface area contributed by atoms with Crippen molar-refractivity contribution in [2.45, 2.75) is 36.9 Å². The van der Waals surface area contributed by atoms with Crippen LogP contribution in [0.25, 0.3) is 0 Å². The van der Waals surface area contributed by atoms with Gasteiger partial charge in [-0.15, -0.1) is 0 Å². The molecule has 88 valence electrons. The van der Waals surface area contributed by atoms with Gasteiger partial charge in [-0.05, 0) is 0 Å². The normalized spacial score (nSPS) is 38.7.